The number of hydrogen-bond donors (Lipinski definition) is 0. The van der Waals surface area contributed by atoms with Gasteiger partial charge in [-0.2, -0.15) is 0 Å². The molecule has 0 N–H and O–H groups in total. The van der Waals surface area contributed by atoms with Crippen LogP contribution in [-0.4, -0.2) is 0 Å². The standard InChI is InChI=1S/C12H22/c1-3-5-7-9-11-12-10-8-6-4-2/h1,3H,2,4-12H2. The topological polar surface area (TPSA) is 0 Å². The van der Waals surface area contributed by atoms with Crippen LogP contribution in [0.25, 0.3) is 0 Å². The molecule has 0 aromatic rings. The molecule has 0 aromatic carbocycles. The SMILES string of the molecule is [CH]=CCCCCCCCCC[CH2]. The summed E-state index contributed by atoms with van der Waals surface area (Å²) in [7, 11) is 0. The summed E-state index contributed by atoms with van der Waals surface area (Å²) in [6, 6.07) is 0. The van der Waals surface area contributed by atoms with E-state index in [9.17, 15) is 0 Å². The summed E-state index contributed by atoms with van der Waals surface area (Å²) in [5.41, 5.74) is 0. The molecule has 0 aromatic heterocycles. The second kappa shape index (κ2) is 10.7. The lowest BCUT2D eigenvalue weighted by Gasteiger charge is -1.99. The Morgan fingerprint density at radius 1 is 0.833 bits per heavy atom. The van der Waals surface area contributed by atoms with Crippen molar-refractivity contribution in [2.45, 2.75) is 57.8 Å². The first-order chi connectivity index (χ1) is 5.91. The normalized spacial score (nSPS) is 10.1. The van der Waals surface area contributed by atoms with Gasteiger partial charge in [0.1, 0.15) is 0 Å². The first kappa shape index (κ1) is 11.7. The van der Waals surface area contributed by atoms with Crippen LogP contribution in [0.5, 0.6) is 0 Å². The molecule has 2 radical (unpaired) electrons. The fourth-order valence-corrected chi connectivity index (χ4v) is 1.32. The first-order valence-corrected chi connectivity index (χ1v) is 5.24. The molecule has 0 nitrogen and oxygen atoms in total. The van der Waals surface area contributed by atoms with Crippen molar-refractivity contribution in [3.05, 3.63) is 19.6 Å². The molecule has 0 aliphatic rings. The maximum absolute atomic E-state index is 5.28. The monoisotopic (exact) mass is 166 g/mol. The quantitative estimate of drug-likeness (QED) is 0.447. The number of allylic oxidation sites excluding steroid dienone is 1. The van der Waals surface area contributed by atoms with Gasteiger partial charge in [-0.1, -0.05) is 64.5 Å². The van der Waals surface area contributed by atoms with Crippen LogP contribution in [0.4, 0.5) is 0 Å². The Balaban J connectivity index is 2.77. The van der Waals surface area contributed by atoms with Crippen LogP contribution in [0, 0.1) is 13.5 Å². The Morgan fingerprint density at radius 3 is 1.83 bits per heavy atom. The van der Waals surface area contributed by atoms with Crippen molar-refractivity contribution in [2.24, 2.45) is 0 Å². The Hall–Kier alpha value is -0.260. The predicted octanol–water partition coefficient (Wildman–Crippen LogP) is 4.32. The zero-order valence-electron chi connectivity index (χ0n) is 8.23. The van der Waals surface area contributed by atoms with E-state index in [1.165, 1.54) is 44.9 Å². The smallest absolute Gasteiger partial charge is 0.0348 e. The fourth-order valence-electron chi connectivity index (χ4n) is 1.32. The maximum atomic E-state index is 5.28. The van der Waals surface area contributed by atoms with Gasteiger partial charge in [-0.3, -0.25) is 0 Å². The molecule has 70 valence electrons. The minimum Gasteiger partial charge on any atom is -0.0845 e. The van der Waals surface area contributed by atoms with Crippen LogP contribution in [-0.2, 0) is 0 Å². The van der Waals surface area contributed by atoms with Crippen LogP contribution < -0.4 is 0 Å². The first-order valence-electron chi connectivity index (χ1n) is 5.24. The van der Waals surface area contributed by atoms with E-state index >= 15 is 0 Å². The van der Waals surface area contributed by atoms with Crippen LogP contribution in [0.1, 0.15) is 57.8 Å². The summed E-state index contributed by atoms with van der Waals surface area (Å²) in [4.78, 5) is 0. The van der Waals surface area contributed by atoms with Crippen molar-refractivity contribution in [2.75, 3.05) is 0 Å². The largest absolute Gasteiger partial charge is 0.0845 e. The van der Waals surface area contributed by atoms with Gasteiger partial charge in [0.25, 0.3) is 0 Å². The molecule has 0 fully saturated rings. The van der Waals surface area contributed by atoms with E-state index in [1.807, 2.05) is 0 Å². The summed E-state index contributed by atoms with van der Waals surface area (Å²) in [6.45, 7) is 9.10. The van der Waals surface area contributed by atoms with Gasteiger partial charge in [0, 0.05) is 0 Å². The molecule has 0 saturated heterocycles. The van der Waals surface area contributed by atoms with Crippen molar-refractivity contribution in [1.29, 1.82) is 0 Å². The van der Waals surface area contributed by atoms with Crippen LogP contribution >= 0.6 is 0 Å². The average Bonchev–Trinajstić information content (AvgIpc) is 2.10. The zero-order valence-corrected chi connectivity index (χ0v) is 8.23. The molecule has 0 heterocycles. The molecule has 0 heteroatoms. The van der Waals surface area contributed by atoms with E-state index in [2.05, 4.69) is 6.92 Å². The average molecular weight is 166 g/mol. The van der Waals surface area contributed by atoms with Gasteiger partial charge in [0.05, 0.1) is 0 Å². The molecule has 0 amide bonds. The zero-order chi connectivity index (χ0) is 9.07. The second-order valence-electron chi connectivity index (χ2n) is 3.35. The summed E-state index contributed by atoms with van der Waals surface area (Å²) in [5, 5.41) is 0. The molecule has 0 aliphatic carbocycles. The van der Waals surface area contributed by atoms with Crippen molar-refractivity contribution in [3.63, 3.8) is 0 Å². The van der Waals surface area contributed by atoms with E-state index < -0.39 is 0 Å². The molecular formula is C12H22. The van der Waals surface area contributed by atoms with E-state index in [1.54, 1.807) is 6.08 Å². The van der Waals surface area contributed by atoms with Crippen LogP contribution in [0.15, 0.2) is 6.08 Å². The van der Waals surface area contributed by atoms with E-state index in [-0.39, 0.29) is 0 Å². The highest BCUT2D eigenvalue weighted by molar-refractivity contribution is 4.61. The molecule has 0 saturated carbocycles. The van der Waals surface area contributed by atoms with Crippen molar-refractivity contribution < 1.29 is 0 Å². The Bertz CT molecular complexity index is 84.0. The van der Waals surface area contributed by atoms with Gasteiger partial charge in [-0.25, -0.2) is 0 Å². The molecule has 0 spiro atoms. The predicted molar refractivity (Wildman–Crippen MR) is 55.8 cm³/mol. The molecular weight excluding hydrogens is 144 g/mol. The minimum atomic E-state index is 1.08. The van der Waals surface area contributed by atoms with E-state index in [4.69, 9.17) is 6.58 Å². The lowest BCUT2D eigenvalue weighted by Crippen LogP contribution is -1.79. The summed E-state index contributed by atoms with van der Waals surface area (Å²) >= 11 is 0. The highest BCUT2D eigenvalue weighted by Gasteiger charge is 1.89. The Kier molecular flexibility index (Phi) is 10.5. The third-order valence-corrected chi connectivity index (χ3v) is 2.12. The van der Waals surface area contributed by atoms with Gasteiger partial charge in [0.2, 0.25) is 0 Å². The summed E-state index contributed by atoms with van der Waals surface area (Å²) in [5.74, 6) is 0. The number of unbranched alkanes of at least 4 members (excludes halogenated alkanes) is 8. The van der Waals surface area contributed by atoms with Gasteiger partial charge < -0.3 is 0 Å². The number of hydrogen-bond acceptors (Lipinski definition) is 0. The molecule has 12 heavy (non-hydrogen) atoms. The van der Waals surface area contributed by atoms with Gasteiger partial charge in [-0.15, -0.1) is 0 Å². The highest BCUT2D eigenvalue weighted by atomic mass is 14.0. The van der Waals surface area contributed by atoms with Gasteiger partial charge >= 0.3 is 0 Å². The van der Waals surface area contributed by atoms with Crippen molar-refractivity contribution in [3.8, 4) is 0 Å². The third-order valence-electron chi connectivity index (χ3n) is 2.12. The van der Waals surface area contributed by atoms with E-state index in [0.717, 1.165) is 12.8 Å². The minimum absolute atomic E-state index is 1.08. The fraction of sp³-hybridized carbons (Fsp3) is 0.750. The van der Waals surface area contributed by atoms with E-state index in [0.29, 0.717) is 0 Å². The molecule has 0 aliphatic heterocycles. The van der Waals surface area contributed by atoms with Gasteiger partial charge in [-0.05, 0) is 12.8 Å². The Labute approximate surface area is 78.1 Å². The van der Waals surface area contributed by atoms with Gasteiger partial charge in [0.15, 0.2) is 0 Å². The number of rotatable bonds is 9. The summed E-state index contributed by atoms with van der Waals surface area (Å²) in [6.07, 6.45) is 13.4. The molecule has 0 rings (SSSR count). The van der Waals surface area contributed by atoms with Crippen molar-refractivity contribution in [1.82, 2.24) is 0 Å². The molecule has 0 bridgehead atoms. The maximum Gasteiger partial charge on any atom is -0.0348 e. The summed E-state index contributed by atoms with van der Waals surface area (Å²) < 4.78 is 0. The lowest BCUT2D eigenvalue weighted by molar-refractivity contribution is 0.583. The van der Waals surface area contributed by atoms with Crippen LogP contribution in [0.2, 0.25) is 0 Å². The van der Waals surface area contributed by atoms with Crippen molar-refractivity contribution >= 4 is 0 Å². The third kappa shape index (κ3) is 9.74. The second-order valence-corrected chi connectivity index (χ2v) is 3.35. The Morgan fingerprint density at radius 2 is 1.33 bits per heavy atom. The highest BCUT2D eigenvalue weighted by Crippen LogP contribution is 2.09. The lowest BCUT2D eigenvalue weighted by atomic mass is 10.1. The molecule has 0 unspecified atom stereocenters. The van der Waals surface area contributed by atoms with Crippen LogP contribution in [0.3, 0.4) is 0 Å². The molecule has 0 atom stereocenters.